The highest BCUT2D eigenvalue weighted by molar-refractivity contribution is 5.89. The van der Waals surface area contributed by atoms with Gasteiger partial charge in [0, 0.05) is 12.7 Å². The zero-order chi connectivity index (χ0) is 31.0. The molecule has 1 unspecified atom stereocenters. The van der Waals surface area contributed by atoms with Crippen molar-refractivity contribution in [2.75, 3.05) is 25.6 Å². The predicted molar refractivity (Wildman–Crippen MR) is 159 cm³/mol. The molecule has 4 rings (SSSR count). The summed E-state index contributed by atoms with van der Waals surface area (Å²) in [6.45, 7) is 3.84. The molecule has 12 heteroatoms. The van der Waals surface area contributed by atoms with Crippen molar-refractivity contribution >= 4 is 23.6 Å². The lowest BCUT2D eigenvalue weighted by Gasteiger charge is -2.28. The topological polar surface area (TPSA) is 161 Å². The first-order chi connectivity index (χ1) is 20.6. The van der Waals surface area contributed by atoms with Crippen molar-refractivity contribution in [2.24, 2.45) is 5.73 Å². The molecule has 3 aromatic rings. The van der Waals surface area contributed by atoms with Crippen LogP contribution in [0.25, 0.3) is 0 Å². The standard InChI is InChI=1S/C31H40N6O6/c1-31(2,32)30(41)34-23(19-43-18-21-11-6-4-7-12-21)27(38)35-25-17-36(20-33-25)26(22-13-8-5-9-14-22)28(39)37-16-10-15-24(37)29(40)42-3/h4-9,11-14,17,20,23-24,26-27,35,38H,10,15-16,18-19,32H2,1-3H3,(H,34,41)/t23-,24+,26?,27+/m1/s1. The van der Waals surface area contributed by atoms with Gasteiger partial charge in [0.1, 0.15) is 24.1 Å². The fourth-order valence-corrected chi connectivity index (χ4v) is 4.89. The monoisotopic (exact) mass is 592 g/mol. The SMILES string of the molecule is COC(=O)[C@@H]1CCCN1C(=O)C(c1ccccc1)n1cnc(N[C@@H](O)[C@@H](COCc2ccccc2)NC(=O)C(C)(C)N)c1. The fraction of sp³-hybridized carbons (Fsp3) is 0.419. The minimum absolute atomic E-state index is 0.0133. The van der Waals surface area contributed by atoms with E-state index in [4.69, 9.17) is 15.2 Å². The Morgan fingerprint density at radius 3 is 2.44 bits per heavy atom. The van der Waals surface area contributed by atoms with Crippen LogP contribution in [-0.2, 0) is 30.5 Å². The lowest BCUT2D eigenvalue weighted by atomic mass is 10.0. The maximum atomic E-state index is 13.9. The van der Waals surface area contributed by atoms with E-state index in [9.17, 15) is 19.5 Å². The summed E-state index contributed by atoms with van der Waals surface area (Å²) in [6, 6.07) is 16.4. The Labute approximate surface area is 251 Å². The summed E-state index contributed by atoms with van der Waals surface area (Å²) >= 11 is 0. The van der Waals surface area contributed by atoms with Crippen LogP contribution in [0.5, 0.6) is 0 Å². The van der Waals surface area contributed by atoms with Crippen LogP contribution >= 0.6 is 0 Å². The number of aliphatic hydroxyl groups excluding tert-OH is 1. The number of carbonyl (C=O) groups is 3. The van der Waals surface area contributed by atoms with Gasteiger partial charge in [0.05, 0.1) is 38.2 Å². The van der Waals surface area contributed by atoms with E-state index in [-0.39, 0.29) is 24.9 Å². The fourth-order valence-electron chi connectivity index (χ4n) is 4.89. The number of ether oxygens (including phenoxy) is 2. The maximum absolute atomic E-state index is 13.9. The van der Waals surface area contributed by atoms with Gasteiger partial charge in [-0.25, -0.2) is 9.78 Å². The van der Waals surface area contributed by atoms with E-state index in [1.807, 2.05) is 60.7 Å². The molecule has 5 N–H and O–H groups in total. The number of aliphatic hydroxyl groups is 1. The van der Waals surface area contributed by atoms with Gasteiger partial charge in [0.25, 0.3) is 5.91 Å². The van der Waals surface area contributed by atoms with E-state index in [0.29, 0.717) is 24.9 Å². The molecule has 1 aromatic heterocycles. The molecule has 2 heterocycles. The summed E-state index contributed by atoms with van der Waals surface area (Å²) in [7, 11) is 1.31. The van der Waals surface area contributed by atoms with Gasteiger partial charge in [-0.05, 0) is 37.8 Å². The van der Waals surface area contributed by atoms with Crippen molar-refractivity contribution in [3.8, 4) is 0 Å². The van der Waals surface area contributed by atoms with E-state index < -0.39 is 41.8 Å². The Morgan fingerprint density at radius 2 is 1.79 bits per heavy atom. The Kier molecular flexibility index (Phi) is 10.5. The molecule has 1 fully saturated rings. The molecular weight excluding hydrogens is 552 g/mol. The quantitative estimate of drug-likeness (QED) is 0.171. The number of imidazole rings is 1. The highest BCUT2D eigenvalue weighted by Gasteiger charge is 2.39. The normalized spacial score (nSPS) is 17.1. The largest absolute Gasteiger partial charge is 0.467 e. The molecule has 230 valence electrons. The van der Waals surface area contributed by atoms with Crippen molar-refractivity contribution in [1.82, 2.24) is 19.8 Å². The number of nitrogens with two attached hydrogens (primary N) is 1. The predicted octanol–water partition coefficient (Wildman–Crippen LogP) is 1.81. The van der Waals surface area contributed by atoms with Gasteiger partial charge in [-0.1, -0.05) is 60.7 Å². The molecule has 0 bridgehead atoms. The summed E-state index contributed by atoms with van der Waals surface area (Å²) in [4.78, 5) is 44.9. The lowest BCUT2D eigenvalue weighted by Crippen LogP contribution is -2.57. The lowest BCUT2D eigenvalue weighted by molar-refractivity contribution is -0.151. The van der Waals surface area contributed by atoms with Crippen molar-refractivity contribution in [3.63, 3.8) is 0 Å². The summed E-state index contributed by atoms with van der Waals surface area (Å²) < 4.78 is 12.4. The van der Waals surface area contributed by atoms with Crippen LogP contribution in [0.15, 0.2) is 73.2 Å². The number of methoxy groups -OCH3 is 1. The first kappa shape index (κ1) is 31.7. The number of hydrogen-bond donors (Lipinski definition) is 4. The number of aromatic nitrogens is 2. The average molecular weight is 593 g/mol. The van der Waals surface area contributed by atoms with Crippen LogP contribution in [0.2, 0.25) is 0 Å². The third kappa shape index (κ3) is 8.19. The second-order valence-corrected chi connectivity index (χ2v) is 11.1. The molecule has 4 atom stereocenters. The zero-order valence-electron chi connectivity index (χ0n) is 24.7. The van der Waals surface area contributed by atoms with Crippen LogP contribution in [0, 0.1) is 0 Å². The van der Waals surface area contributed by atoms with Gasteiger partial charge >= 0.3 is 5.97 Å². The van der Waals surface area contributed by atoms with Crippen LogP contribution in [0.3, 0.4) is 0 Å². The first-order valence-corrected chi connectivity index (χ1v) is 14.2. The van der Waals surface area contributed by atoms with Gasteiger partial charge in [-0.2, -0.15) is 0 Å². The molecule has 0 spiro atoms. The molecule has 43 heavy (non-hydrogen) atoms. The maximum Gasteiger partial charge on any atom is 0.328 e. The summed E-state index contributed by atoms with van der Waals surface area (Å²) in [6.07, 6.45) is 2.99. The number of anilines is 1. The number of nitrogens with zero attached hydrogens (tertiary/aromatic N) is 3. The molecule has 2 aromatic carbocycles. The van der Waals surface area contributed by atoms with Gasteiger partial charge < -0.3 is 40.4 Å². The molecule has 12 nitrogen and oxygen atoms in total. The molecular formula is C31H40N6O6. The summed E-state index contributed by atoms with van der Waals surface area (Å²) in [5.41, 5.74) is 6.44. The average Bonchev–Trinajstić information content (AvgIpc) is 3.67. The molecule has 1 aliphatic rings. The van der Waals surface area contributed by atoms with E-state index in [1.165, 1.54) is 13.4 Å². The zero-order valence-corrected chi connectivity index (χ0v) is 24.7. The first-order valence-electron chi connectivity index (χ1n) is 14.2. The van der Waals surface area contributed by atoms with Gasteiger partial charge in [0.2, 0.25) is 5.91 Å². The Bertz CT molecular complexity index is 1360. The van der Waals surface area contributed by atoms with Crippen LogP contribution in [0.4, 0.5) is 5.82 Å². The third-order valence-corrected chi connectivity index (χ3v) is 7.25. The molecule has 0 aliphatic carbocycles. The van der Waals surface area contributed by atoms with E-state index in [2.05, 4.69) is 15.6 Å². The van der Waals surface area contributed by atoms with Gasteiger partial charge in [-0.3, -0.25) is 9.59 Å². The molecule has 0 radical (unpaired) electrons. The minimum atomic E-state index is -1.31. The number of nitrogens with one attached hydrogen (secondary N) is 2. The van der Waals surface area contributed by atoms with Gasteiger partial charge in [-0.15, -0.1) is 0 Å². The van der Waals surface area contributed by atoms with Crippen LogP contribution in [0.1, 0.15) is 43.9 Å². The highest BCUT2D eigenvalue weighted by Crippen LogP contribution is 2.28. The van der Waals surface area contributed by atoms with E-state index in [0.717, 1.165) is 5.56 Å². The number of amides is 2. The van der Waals surface area contributed by atoms with Crippen molar-refractivity contribution in [3.05, 3.63) is 84.3 Å². The van der Waals surface area contributed by atoms with E-state index in [1.54, 1.807) is 29.5 Å². The van der Waals surface area contributed by atoms with Crippen LogP contribution in [-0.4, -0.2) is 81.5 Å². The van der Waals surface area contributed by atoms with Crippen molar-refractivity contribution in [2.45, 2.75) is 63.2 Å². The summed E-state index contributed by atoms with van der Waals surface area (Å²) in [5, 5.41) is 16.8. The number of esters is 1. The second-order valence-electron chi connectivity index (χ2n) is 11.1. The van der Waals surface area contributed by atoms with Crippen molar-refractivity contribution < 1.29 is 29.0 Å². The van der Waals surface area contributed by atoms with Crippen molar-refractivity contribution in [1.29, 1.82) is 0 Å². The Hall–Kier alpha value is -4.26. The van der Waals surface area contributed by atoms with Crippen LogP contribution < -0.4 is 16.4 Å². The minimum Gasteiger partial charge on any atom is -0.467 e. The van der Waals surface area contributed by atoms with Gasteiger partial charge in [0.15, 0.2) is 0 Å². The molecule has 1 aliphatic heterocycles. The summed E-state index contributed by atoms with van der Waals surface area (Å²) in [5.74, 6) is -0.917. The number of benzene rings is 2. The van der Waals surface area contributed by atoms with E-state index >= 15 is 0 Å². The Morgan fingerprint density at radius 1 is 1.12 bits per heavy atom. The molecule has 2 amide bonds. The molecule has 1 saturated heterocycles. The number of likely N-dealkylation sites (tertiary alicyclic amines) is 1. The number of hydrogen-bond acceptors (Lipinski definition) is 9. The third-order valence-electron chi connectivity index (χ3n) is 7.25. The number of carbonyl (C=O) groups excluding carboxylic acids is 3. The second kappa shape index (κ2) is 14.3. The molecule has 0 saturated carbocycles. The smallest absolute Gasteiger partial charge is 0.328 e. The number of rotatable bonds is 13. The highest BCUT2D eigenvalue weighted by atomic mass is 16.5. The Balaban J connectivity index is 1.52.